The highest BCUT2D eigenvalue weighted by Crippen LogP contribution is 2.19. The Bertz CT molecular complexity index is 1060. The molecule has 0 unspecified atom stereocenters. The number of aryl methyl sites for hydroxylation is 2. The number of aromatic nitrogens is 1. The zero-order valence-corrected chi connectivity index (χ0v) is 16.5. The van der Waals surface area contributed by atoms with Crippen molar-refractivity contribution in [1.29, 1.82) is 0 Å². The quantitative estimate of drug-likeness (QED) is 0.634. The van der Waals surface area contributed by atoms with Gasteiger partial charge in [-0.15, -0.1) is 0 Å². The van der Waals surface area contributed by atoms with Crippen LogP contribution in [-0.2, 0) is 27.3 Å². The first-order chi connectivity index (χ1) is 13.0. The molecule has 27 heavy (non-hydrogen) atoms. The Labute approximate surface area is 161 Å². The summed E-state index contributed by atoms with van der Waals surface area (Å²) in [6.07, 6.45) is 0.231. The molecule has 0 fully saturated rings. The summed E-state index contributed by atoms with van der Waals surface area (Å²) in [6, 6.07) is 13.8. The lowest BCUT2D eigenvalue weighted by Gasteiger charge is -2.05. The molecule has 0 saturated carbocycles. The van der Waals surface area contributed by atoms with Crippen LogP contribution in [0.4, 0.5) is 0 Å². The van der Waals surface area contributed by atoms with Crippen molar-refractivity contribution in [2.24, 2.45) is 4.99 Å². The molecule has 1 aromatic heterocycles. The molecule has 1 amide bonds. The summed E-state index contributed by atoms with van der Waals surface area (Å²) in [5, 5.41) is 0. The van der Waals surface area contributed by atoms with E-state index in [0.29, 0.717) is 11.4 Å². The third-order valence-corrected chi connectivity index (χ3v) is 5.13. The van der Waals surface area contributed by atoms with E-state index in [1.54, 1.807) is 11.5 Å². The number of esters is 1. The molecule has 0 aliphatic heterocycles. The Balaban J connectivity index is 1.99. The predicted octanol–water partition coefficient (Wildman–Crippen LogP) is 3.55. The van der Waals surface area contributed by atoms with Crippen LogP contribution in [0.3, 0.4) is 0 Å². The second-order valence-electron chi connectivity index (χ2n) is 6.42. The Kier molecular flexibility index (Phi) is 5.86. The number of carbonyl (C=O) groups excluding carboxylic acids is 2. The number of benzene rings is 2. The number of fused-ring (bicyclic) bond motifs is 1. The minimum atomic E-state index is -0.342. The normalized spacial score (nSPS) is 11.7. The van der Waals surface area contributed by atoms with Gasteiger partial charge in [-0.2, -0.15) is 4.99 Å². The first-order valence-corrected chi connectivity index (χ1v) is 9.66. The largest absolute Gasteiger partial charge is 0.465 e. The van der Waals surface area contributed by atoms with Crippen LogP contribution in [0.2, 0.25) is 0 Å². The SMILES string of the molecule is CCOC(=O)Cn1c(=NC(=O)Cc2cccc(C)c2)sc2cc(C)ccc21. The molecule has 0 aliphatic carbocycles. The van der Waals surface area contributed by atoms with E-state index in [-0.39, 0.29) is 24.8 Å². The average molecular weight is 382 g/mol. The van der Waals surface area contributed by atoms with E-state index in [4.69, 9.17) is 4.74 Å². The number of carbonyl (C=O) groups is 2. The van der Waals surface area contributed by atoms with Crippen LogP contribution in [-0.4, -0.2) is 23.1 Å². The highest BCUT2D eigenvalue weighted by Gasteiger charge is 2.12. The second-order valence-corrected chi connectivity index (χ2v) is 7.43. The summed E-state index contributed by atoms with van der Waals surface area (Å²) in [7, 11) is 0. The summed E-state index contributed by atoms with van der Waals surface area (Å²) < 4.78 is 7.82. The number of amides is 1. The maximum absolute atomic E-state index is 12.5. The summed E-state index contributed by atoms with van der Waals surface area (Å²) in [5.74, 6) is -0.577. The van der Waals surface area contributed by atoms with Gasteiger partial charge in [-0.3, -0.25) is 9.59 Å². The molecule has 3 aromatic rings. The Hall–Kier alpha value is -2.73. The highest BCUT2D eigenvalue weighted by atomic mass is 32.1. The first kappa shape index (κ1) is 19.0. The van der Waals surface area contributed by atoms with Crippen LogP contribution >= 0.6 is 11.3 Å². The van der Waals surface area contributed by atoms with Gasteiger partial charge in [0.1, 0.15) is 6.54 Å². The van der Waals surface area contributed by atoms with Gasteiger partial charge in [0.15, 0.2) is 4.80 Å². The van der Waals surface area contributed by atoms with E-state index in [2.05, 4.69) is 4.99 Å². The van der Waals surface area contributed by atoms with E-state index in [1.807, 2.05) is 56.3 Å². The number of nitrogens with zero attached hydrogens (tertiary/aromatic N) is 2. The third kappa shape index (κ3) is 4.71. The smallest absolute Gasteiger partial charge is 0.326 e. The maximum Gasteiger partial charge on any atom is 0.326 e. The van der Waals surface area contributed by atoms with Gasteiger partial charge in [0.25, 0.3) is 5.91 Å². The Morgan fingerprint density at radius 1 is 1.11 bits per heavy atom. The van der Waals surface area contributed by atoms with Crippen LogP contribution in [0, 0.1) is 13.8 Å². The molecule has 0 bridgehead atoms. The Morgan fingerprint density at radius 2 is 1.89 bits per heavy atom. The number of ether oxygens (including phenoxy) is 1. The van der Waals surface area contributed by atoms with Crippen molar-refractivity contribution >= 4 is 33.4 Å². The van der Waals surface area contributed by atoms with Crippen molar-refractivity contribution in [3.8, 4) is 0 Å². The molecule has 0 spiro atoms. The molecule has 5 nitrogen and oxygen atoms in total. The van der Waals surface area contributed by atoms with Crippen LogP contribution < -0.4 is 4.80 Å². The molecule has 6 heteroatoms. The molecule has 2 aromatic carbocycles. The van der Waals surface area contributed by atoms with Gasteiger partial charge in [0.05, 0.1) is 23.2 Å². The van der Waals surface area contributed by atoms with Gasteiger partial charge >= 0.3 is 5.97 Å². The highest BCUT2D eigenvalue weighted by molar-refractivity contribution is 7.16. The number of thiazole rings is 1. The molecule has 0 N–H and O–H groups in total. The van der Waals surface area contributed by atoms with Crippen LogP contribution in [0.15, 0.2) is 47.5 Å². The molecular formula is C21H22N2O3S. The van der Waals surface area contributed by atoms with Gasteiger partial charge in [-0.05, 0) is 44.0 Å². The van der Waals surface area contributed by atoms with E-state index >= 15 is 0 Å². The topological polar surface area (TPSA) is 60.7 Å². The fraction of sp³-hybridized carbons (Fsp3) is 0.286. The number of rotatable bonds is 5. The van der Waals surface area contributed by atoms with E-state index in [1.165, 1.54) is 11.3 Å². The van der Waals surface area contributed by atoms with E-state index in [9.17, 15) is 9.59 Å². The van der Waals surface area contributed by atoms with Gasteiger partial charge in [0, 0.05) is 0 Å². The lowest BCUT2D eigenvalue weighted by molar-refractivity contribution is -0.143. The van der Waals surface area contributed by atoms with Gasteiger partial charge in [-0.1, -0.05) is 47.2 Å². The van der Waals surface area contributed by atoms with Crippen molar-refractivity contribution in [3.63, 3.8) is 0 Å². The fourth-order valence-corrected chi connectivity index (χ4v) is 4.04. The zero-order chi connectivity index (χ0) is 19.4. The third-order valence-electron chi connectivity index (χ3n) is 4.09. The molecule has 0 atom stereocenters. The average Bonchev–Trinajstić information content (AvgIpc) is 2.91. The molecular weight excluding hydrogens is 360 g/mol. The Morgan fingerprint density at radius 3 is 2.63 bits per heavy atom. The first-order valence-electron chi connectivity index (χ1n) is 8.85. The molecule has 140 valence electrons. The van der Waals surface area contributed by atoms with Crippen molar-refractivity contribution in [1.82, 2.24) is 4.57 Å². The van der Waals surface area contributed by atoms with Crippen molar-refractivity contribution in [2.45, 2.75) is 33.7 Å². The summed E-state index contributed by atoms with van der Waals surface area (Å²) in [4.78, 5) is 29.3. The van der Waals surface area contributed by atoms with Gasteiger partial charge < -0.3 is 9.30 Å². The maximum atomic E-state index is 12.5. The minimum absolute atomic E-state index is 0.0352. The van der Waals surface area contributed by atoms with Crippen LogP contribution in [0.25, 0.3) is 10.2 Å². The van der Waals surface area contributed by atoms with E-state index in [0.717, 1.165) is 26.9 Å². The van der Waals surface area contributed by atoms with Crippen molar-refractivity contribution in [2.75, 3.05) is 6.61 Å². The fourth-order valence-electron chi connectivity index (χ4n) is 2.90. The summed E-state index contributed by atoms with van der Waals surface area (Å²) in [5.41, 5.74) is 4.03. The minimum Gasteiger partial charge on any atom is -0.465 e. The molecule has 0 radical (unpaired) electrons. The van der Waals surface area contributed by atoms with Gasteiger partial charge in [-0.25, -0.2) is 0 Å². The molecule has 1 heterocycles. The van der Waals surface area contributed by atoms with Crippen LogP contribution in [0.1, 0.15) is 23.6 Å². The lowest BCUT2D eigenvalue weighted by atomic mass is 10.1. The van der Waals surface area contributed by atoms with E-state index < -0.39 is 0 Å². The monoisotopic (exact) mass is 382 g/mol. The van der Waals surface area contributed by atoms with Crippen LogP contribution in [0.5, 0.6) is 0 Å². The predicted molar refractivity (Wildman–Crippen MR) is 107 cm³/mol. The van der Waals surface area contributed by atoms with Crippen molar-refractivity contribution < 1.29 is 14.3 Å². The second kappa shape index (κ2) is 8.31. The number of hydrogen-bond donors (Lipinski definition) is 0. The summed E-state index contributed by atoms with van der Waals surface area (Å²) >= 11 is 1.41. The lowest BCUT2D eigenvalue weighted by Crippen LogP contribution is -2.23. The van der Waals surface area contributed by atoms with Gasteiger partial charge in [0.2, 0.25) is 0 Å². The molecule has 3 rings (SSSR count). The van der Waals surface area contributed by atoms with Crippen molar-refractivity contribution in [3.05, 3.63) is 64.0 Å². The number of hydrogen-bond acceptors (Lipinski definition) is 4. The summed E-state index contributed by atoms with van der Waals surface area (Å²) in [6.45, 7) is 6.13. The zero-order valence-electron chi connectivity index (χ0n) is 15.7. The molecule has 0 aliphatic rings. The standard InChI is InChI=1S/C21H22N2O3S/c1-4-26-20(25)13-23-17-9-8-15(3)11-18(17)27-21(23)22-19(24)12-16-7-5-6-14(2)10-16/h5-11H,4,12-13H2,1-3H3. The molecule has 0 saturated heterocycles.